The Morgan fingerprint density at radius 3 is 2.39 bits per heavy atom. The highest BCUT2D eigenvalue weighted by atomic mass is 28.3. The standard InChI is InChI=1S/C20H19NOSi/c1-23(2,3)15-14-16-12-13-18-19(21-16)10-7-11-20(18)22-17-8-5-4-6-9-17/h4-13H,1-3H3/q-1. The van der Waals surface area contributed by atoms with Crippen molar-refractivity contribution >= 4 is 19.0 Å². The number of para-hydroxylation sites is 1. The minimum atomic E-state index is -1.40. The molecule has 0 bridgehead atoms. The summed E-state index contributed by atoms with van der Waals surface area (Å²) in [5.74, 6) is 4.84. The van der Waals surface area contributed by atoms with Crippen molar-refractivity contribution in [3.63, 3.8) is 0 Å². The molecule has 115 valence electrons. The predicted molar refractivity (Wildman–Crippen MR) is 98.5 cm³/mol. The number of hydrogen-bond acceptors (Lipinski definition) is 2. The minimum Gasteiger partial charge on any atom is -0.457 e. The molecule has 0 aliphatic heterocycles. The molecule has 0 amide bonds. The van der Waals surface area contributed by atoms with E-state index in [4.69, 9.17) is 4.74 Å². The summed E-state index contributed by atoms with van der Waals surface area (Å²) in [5.41, 5.74) is 5.07. The fourth-order valence-corrected chi connectivity index (χ4v) is 2.66. The van der Waals surface area contributed by atoms with Gasteiger partial charge in [0.2, 0.25) is 0 Å². The van der Waals surface area contributed by atoms with E-state index < -0.39 is 8.07 Å². The zero-order chi connectivity index (χ0) is 16.3. The molecular weight excluding hydrogens is 298 g/mol. The van der Waals surface area contributed by atoms with Crippen LogP contribution in [-0.2, 0) is 0 Å². The lowest BCUT2D eigenvalue weighted by molar-refractivity contribution is 0.488. The fourth-order valence-electron chi connectivity index (χ4n) is 2.15. The van der Waals surface area contributed by atoms with Crippen LogP contribution in [0.3, 0.4) is 0 Å². The topological polar surface area (TPSA) is 22.1 Å². The lowest BCUT2D eigenvalue weighted by atomic mass is 10.2. The van der Waals surface area contributed by atoms with Gasteiger partial charge in [0.25, 0.3) is 0 Å². The average molecular weight is 317 g/mol. The van der Waals surface area contributed by atoms with Gasteiger partial charge in [-0.1, -0.05) is 38.3 Å². The number of fused-ring (bicyclic) bond motifs is 1. The Labute approximate surface area is 138 Å². The quantitative estimate of drug-likeness (QED) is 0.475. The average Bonchev–Trinajstić information content (AvgIpc) is 2.53. The van der Waals surface area contributed by atoms with Gasteiger partial charge in [0.1, 0.15) is 17.2 Å². The molecule has 2 nitrogen and oxygen atoms in total. The Morgan fingerprint density at radius 1 is 0.870 bits per heavy atom. The summed E-state index contributed by atoms with van der Waals surface area (Å²) in [7, 11) is -1.40. The number of ether oxygens (including phenoxy) is 1. The van der Waals surface area contributed by atoms with Crippen LogP contribution in [0.1, 0.15) is 5.69 Å². The van der Waals surface area contributed by atoms with E-state index in [1.54, 1.807) is 0 Å². The van der Waals surface area contributed by atoms with Crippen LogP contribution in [0.15, 0.2) is 60.7 Å². The summed E-state index contributed by atoms with van der Waals surface area (Å²) >= 11 is 0. The summed E-state index contributed by atoms with van der Waals surface area (Å²) in [6, 6.07) is 19.7. The van der Waals surface area contributed by atoms with Crippen LogP contribution >= 0.6 is 0 Å². The highest BCUT2D eigenvalue weighted by molar-refractivity contribution is 6.83. The molecule has 0 atom stereocenters. The van der Waals surface area contributed by atoms with Gasteiger partial charge in [0, 0.05) is 5.39 Å². The van der Waals surface area contributed by atoms with Gasteiger partial charge in [-0.15, -0.1) is 0 Å². The molecule has 0 N–H and O–H groups in total. The van der Waals surface area contributed by atoms with Gasteiger partial charge in [-0.2, -0.15) is 19.6 Å². The van der Waals surface area contributed by atoms with Crippen LogP contribution in [-0.4, -0.2) is 13.1 Å². The third-order valence-electron chi connectivity index (χ3n) is 3.23. The molecule has 0 aliphatic carbocycles. The molecule has 0 saturated heterocycles. The van der Waals surface area contributed by atoms with E-state index in [9.17, 15) is 0 Å². The van der Waals surface area contributed by atoms with Crippen LogP contribution < -0.4 is 4.74 Å². The largest absolute Gasteiger partial charge is 0.457 e. The van der Waals surface area contributed by atoms with Crippen molar-refractivity contribution in [2.75, 3.05) is 0 Å². The van der Waals surface area contributed by atoms with E-state index in [1.807, 2.05) is 60.7 Å². The summed E-state index contributed by atoms with van der Waals surface area (Å²) in [6.07, 6.45) is 0. The number of rotatable bonds is 2. The fraction of sp³-hybridized carbons (Fsp3) is 0.150. The number of pyridine rings is 1. The third kappa shape index (κ3) is 4.00. The Balaban J connectivity index is 1.97. The predicted octanol–water partition coefficient (Wildman–Crippen LogP) is 5.26. The SMILES string of the molecule is C[Si-](C)(C)C#Cc1ccc2c(Oc3ccccc3)cccc2n1. The Bertz CT molecular complexity index is 886. The third-order valence-corrected chi connectivity index (χ3v) is 4.10. The minimum absolute atomic E-state index is 0.811. The number of benzene rings is 2. The van der Waals surface area contributed by atoms with Crippen molar-refractivity contribution in [3.8, 4) is 23.0 Å². The van der Waals surface area contributed by atoms with Crippen molar-refractivity contribution in [2.24, 2.45) is 0 Å². The summed E-state index contributed by atoms with van der Waals surface area (Å²) in [4.78, 5) is 4.65. The van der Waals surface area contributed by atoms with Gasteiger partial charge in [-0.3, -0.25) is 5.54 Å². The van der Waals surface area contributed by atoms with Crippen molar-refractivity contribution in [1.82, 2.24) is 4.98 Å². The summed E-state index contributed by atoms with van der Waals surface area (Å²) in [5, 5.41) is 0.995. The van der Waals surface area contributed by atoms with Crippen molar-refractivity contribution in [1.29, 1.82) is 0 Å². The van der Waals surface area contributed by atoms with Crippen LogP contribution in [0.4, 0.5) is 0 Å². The maximum Gasteiger partial charge on any atom is 0.136 e. The van der Waals surface area contributed by atoms with Crippen LogP contribution in [0.25, 0.3) is 10.9 Å². The van der Waals surface area contributed by atoms with E-state index in [0.29, 0.717) is 0 Å². The van der Waals surface area contributed by atoms with E-state index >= 15 is 0 Å². The maximum absolute atomic E-state index is 5.98. The van der Waals surface area contributed by atoms with E-state index in [0.717, 1.165) is 28.1 Å². The smallest absolute Gasteiger partial charge is 0.136 e. The molecule has 0 spiro atoms. The highest BCUT2D eigenvalue weighted by Crippen LogP contribution is 2.29. The van der Waals surface area contributed by atoms with Gasteiger partial charge in [-0.25, -0.2) is 4.98 Å². The molecule has 0 radical (unpaired) electrons. The van der Waals surface area contributed by atoms with Crippen LogP contribution in [0, 0.1) is 11.5 Å². The lowest BCUT2D eigenvalue weighted by Gasteiger charge is -2.17. The van der Waals surface area contributed by atoms with Crippen molar-refractivity contribution in [3.05, 3.63) is 66.4 Å². The van der Waals surface area contributed by atoms with E-state index in [2.05, 4.69) is 36.1 Å². The Morgan fingerprint density at radius 2 is 1.65 bits per heavy atom. The molecule has 0 aliphatic rings. The Hall–Kier alpha value is -2.57. The number of hydrogen-bond donors (Lipinski definition) is 0. The maximum atomic E-state index is 5.98. The molecule has 1 aromatic heterocycles. The molecule has 3 heteroatoms. The zero-order valence-corrected chi connectivity index (χ0v) is 14.6. The molecule has 1 heterocycles. The molecule has 0 unspecified atom stereocenters. The zero-order valence-electron chi connectivity index (χ0n) is 13.6. The second kappa shape index (κ2) is 6.27. The van der Waals surface area contributed by atoms with E-state index in [-0.39, 0.29) is 0 Å². The molecule has 0 fully saturated rings. The first-order valence-electron chi connectivity index (χ1n) is 7.67. The number of aromatic nitrogens is 1. The van der Waals surface area contributed by atoms with Gasteiger partial charge < -0.3 is 4.74 Å². The first kappa shape index (κ1) is 15.3. The van der Waals surface area contributed by atoms with Crippen LogP contribution in [0.5, 0.6) is 11.5 Å². The summed E-state index contributed by atoms with van der Waals surface area (Å²) < 4.78 is 5.98. The van der Waals surface area contributed by atoms with Gasteiger partial charge in [0.15, 0.2) is 0 Å². The molecule has 23 heavy (non-hydrogen) atoms. The summed E-state index contributed by atoms with van der Waals surface area (Å²) in [6.45, 7) is 6.69. The number of nitrogens with zero attached hydrogens (tertiary/aromatic N) is 1. The second-order valence-corrected chi connectivity index (χ2v) is 11.2. The molecular formula is C20H19NOSi-. The molecule has 3 aromatic rings. The van der Waals surface area contributed by atoms with Crippen molar-refractivity contribution in [2.45, 2.75) is 19.6 Å². The first-order valence-corrected chi connectivity index (χ1v) is 11.2. The highest BCUT2D eigenvalue weighted by Gasteiger charge is 2.05. The Kier molecular flexibility index (Phi) is 4.18. The van der Waals surface area contributed by atoms with Gasteiger partial charge >= 0.3 is 0 Å². The van der Waals surface area contributed by atoms with Crippen molar-refractivity contribution < 1.29 is 4.74 Å². The molecule has 0 saturated carbocycles. The lowest BCUT2D eigenvalue weighted by Crippen LogP contribution is -2.16. The van der Waals surface area contributed by atoms with E-state index in [1.165, 1.54) is 0 Å². The monoisotopic (exact) mass is 317 g/mol. The van der Waals surface area contributed by atoms with Crippen LogP contribution in [0.2, 0.25) is 19.6 Å². The first-order chi connectivity index (χ1) is 11.0. The normalized spacial score (nSPS) is 10.9. The van der Waals surface area contributed by atoms with Gasteiger partial charge in [0.05, 0.1) is 5.52 Å². The van der Waals surface area contributed by atoms with Gasteiger partial charge in [-0.05, 0) is 36.4 Å². The second-order valence-electron chi connectivity index (χ2n) is 6.43. The molecule has 2 aromatic carbocycles. The molecule has 3 rings (SSSR count).